The summed E-state index contributed by atoms with van der Waals surface area (Å²) in [4.78, 5) is 0. The highest BCUT2D eigenvalue weighted by atomic mass is 14.9. The van der Waals surface area contributed by atoms with Crippen LogP contribution < -0.4 is 5.32 Å². The largest absolute Gasteiger partial charge is 0.310 e. The Hall–Kier alpha value is -0.820. The fraction of sp³-hybridized carbons (Fsp3) is 0.684. The van der Waals surface area contributed by atoms with E-state index in [-0.39, 0.29) is 0 Å². The smallest absolute Gasteiger partial charge is 0.0325 e. The van der Waals surface area contributed by atoms with E-state index in [1.165, 1.54) is 5.56 Å². The van der Waals surface area contributed by atoms with Gasteiger partial charge < -0.3 is 5.32 Å². The standard InChI is InChI=1S/C19H33N/c1-15(19(5,6)7)14-20-17(13-18(2,3)4)16-11-9-8-10-12-16/h8-12,15,17,20H,13-14H2,1-7H3. The van der Waals surface area contributed by atoms with Crippen LogP contribution in [-0.2, 0) is 0 Å². The average molecular weight is 275 g/mol. The molecule has 0 heterocycles. The lowest BCUT2D eigenvalue weighted by atomic mass is 9.81. The van der Waals surface area contributed by atoms with E-state index in [0.717, 1.165) is 13.0 Å². The van der Waals surface area contributed by atoms with Crippen molar-refractivity contribution in [1.82, 2.24) is 5.32 Å². The summed E-state index contributed by atoms with van der Waals surface area (Å²) in [6.07, 6.45) is 1.16. The first kappa shape index (κ1) is 17.2. The number of rotatable bonds is 5. The lowest BCUT2D eigenvalue weighted by Crippen LogP contribution is -2.33. The van der Waals surface area contributed by atoms with Crippen LogP contribution in [0.25, 0.3) is 0 Å². The van der Waals surface area contributed by atoms with Crippen molar-refractivity contribution in [2.75, 3.05) is 6.54 Å². The first-order valence-corrected chi connectivity index (χ1v) is 7.88. The maximum absolute atomic E-state index is 3.80. The number of hydrogen-bond acceptors (Lipinski definition) is 1. The van der Waals surface area contributed by atoms with Crippen molar-refractivity contribution >= 4 is 0 Å². The van der Waals surface area contributed by atoms with Gasteiger partial charge in [0.2, 0.25) is 0 Å². The molecule has 0 saturated heterocycles. The maximum atomic E-state index is 3.80. The van der Waals surface area contributed by atoms with Crippen LogP contribution >= 0.6 is 0 Å². The summed E-state index contributed by atoms with van der Waals surface area (Å²) in [7, 11) is 0. The third kappa shape index (κ3) is 6.09. The Morgan fingerprint density at radius 1 is 0.950 bits per heavy atom. The van der Waals surface area contributed by atoms with Crippen molar-refractivity contribution in [3.05, 3.63) is 35.9 Å². The van der Waals surface area contributed by atoms with Gasteiger partial charge in [-0.25, -0.2) is 0 Å². The second kappa shape index (κ2) is 6.76. The van der Waals surface area contributed by atoms with E-state index in [9.17, 15) is 0 Å². The van der Waals surface area contributed by atoms with Crippen LogP contribution in [0.15, 0.2) is 30.3 Å². The first-order valence-electron chi connectivity index (χ1n) is 7.88. The topological polar surface area (TPSA) is 12.0 Å². The summed E-state index contributed by atoms with van der Waals surface area (Å²) in [5, 5.41) is 3.80. The Bertz CT molecular complexity index is 380. The Kier molecular flexibility index (Phi) is 5.82. The average Bonchev–Trinajstić information content (AvgIpc) is 2.32. The van der Waals surface area contributed by atoms with Gasteiger partial charge in [-0.3, -0.25) is 0 Å². The number of benzene rings is 1. The summed E-state index contributed by atoms with van der Waals surface area (Å²) < 4.78 is 0. The molecule has 0 radical (unpaired) electrons. The molecule has 2 atom stereocenters. The Balaban J connectivity index is 2.75. The van der Waals surface area contributed by atoms with Gasteiger partial charge in [-0.1, -0.05) is 78.8 Å². The summed E-state index contributed by atoms with van der Waals surface area (Å²) >= 11 is 0. The molecule has 114 valence electrons. The molecule has 1 N–H and O–H groups in total. The lowest BCUT2D eigenvalue weighted by molar-refractivity contribution is 0.230. The van der Waals surface area contributed by atoms with Crippen molar-refractivity contribution < 1.29 is 0 Å². The lowest BCUT2D eigenvalue weighted by Gasteiger charge is -2.32. The third-order valence-corrected chi connectivity index (χ3v) is 4.17. The highest BCUT2D eigenvalue weighted by molar-refractivity contribution is 5.19. The van der Waals surface area contributed by atoms with Gasteiger partial charge in [-0.05, 0) is 35.3 Å². The molecule has 0 aromatic heterocycles. The molecule has 1 heteroatoms. The SMILES string of the molecule is CC(CNC(CC(C)(C)C)c1ccccc1)C(C)(C)C. The molecule has 0 aliphatic heterocycles. The van der Waals surface area contributed by atoms with E-state index >= 15 is 0 Å². The van der Waals surface area contributed by atoms with Gasteiger partial charge in [-0.2, -0.15) is 0 Å². The second-order valence-corrected chi connectivity index (χ2v) is 8.40. The molecule has 1 aromatic rings. The van der Waals surface area contributed by atoms with Crippen molar-refractivity contribution in [2.24, 2.45) is 16.7 Å². The van der Waals surface area contributed by atoms with Crippen LogP contribution in [0.4, 0.5) is 0 Å². The highest BCUT2D eigenvalue weighted by Gasteiger charge is 2.24. The van der Waals surface area contributed by atoms with E-state index in [1.54, 1.807) is 0 Å². The van der Waals surface area contributed by atoms with E-state index in [1.807, 2.05) is 0 Å². The Labute approximate surface area is 126 Å². The van der Waals surface area contributed by atoms with Crippen molar-refractivity contribution in [1.29, 1.82) is 0 Å². The Morgan fingerprint density at radius 3 is 1.95 bits per heavy atom. The molecule has 2 unspecified atom stereocenters. The van der Waals surface area contributed by atoms with Crippen molar-refractivity contribution in [2.45, 2.75) is 60.9 Å². The summed E-state index contributed by atoms with van der Waals surface area (Å²) in [5.41, 5.74) is 2.09. The predicted molar refractivity (Wildman–Crippen MR) is 89.9 cm³/mol. The zero-order chi connectivity index (χ0) is 15.4. The number of nitrogens with one attached hydrogen (secondary N) is 1. The fourth-order valence-electron chi connectivity index (χ4n) is 2.23. The van der Waals surface area contributed by atoms with Crippen LogP contribution in [0.1, 0.15) is 66.5 Å². The van der Waals surface area contributed by atoms with Crippen LogP contribution in [-0.4, -0.2) is 6.54 Å². The quantitative estimate of drug-likeness (QED) is 0.755. The molecular formula is C19H33N. The molecule has 0 amide bonds. The van der Waals surface area contributed by atoms with Gasteiger partial charge in [-0.15, -0.1) is 0 Å². The monoisotopic (exact) mass is 275 g/mol. The van der Waals surface area contributed by atoms with Crippen molar-refractivity contribution in [3.8, 4) is 0 Å². The normalized spacial score (nSPS) is 15.9. The van der Waals surface area contributed by atoms with E-state index in [2.05, 4.69) is 84.1 Å². The van der Waals surface area contributed by atoms with E-state index in [4.69, 9.17) is 0 Å². The fourth-order valence-corrected chi connectivity index (χ4v) is 2.23. The van der Waals surface area contributed by atoms with Gasteiger partial charge >= 0.3 is 0 Å². The van der Waals surface area contributed by atoms with Gasteiger partial charge in [0.05, 0.1) is 0 Å². The molecule has 0 spiro atoms. The molecule has 0 bridgehead atoms. The zero-order valence-corrected chi connectivity index (χ0v) is 14.5. The summed E-state index contributed by atoms with van der Waals surface area (Å²) in [5.74, 6) is 0.661. The second-order valence-electron chi connectivity index (χ2n) is 8.40. The van der Waals surface area contributed by atoms with Gasteiger partial charge in [0, 0.05) is 6.04 Å². The van der Waals surface area contributed by atoms with E-state index in [0.29, 0.717) is 22.8 Å². The van der Waals surface area contributed by atoms with Gasteiger partial charge in [0.25, 0.3) is 0 Å². The predicted octanol–water partition coefficient (Wildman–Crippen LogP) is 5.44. The molecule has 1 nitrogen and oxygen atoms in total. The first-order chi connectivity index (χ1) is 9.09. The van der Waals surface area contributed by atoms with Gasteiger partial charge in [0.15, 0.2) is 0 Å². The minimum Gasteiger partial charge on any atom is -0.310 e. The highest BCUT2D eigenvalue weighted by Crippen LogP contribution is 2.31. The van der Waals surface area contributed by atoms with Crippen LogP contribution in [0.5, 0.6) is 0 Å². The summed E-state index contributed by atoms with van der Waals surface area (Å²) in [6.45, 7) is 17.3. The van der Waals surface area contributed by atoms with Crippen LogP contribution in [0, 0.1) is 16.7 Å². The van der Waals surface area contributed by atoms with Crippen LogP contribution in [0.2, 0.25) is 0 Å². The molecule has 20 heavy (non-hydrogen) atoms. The van der Waals surface area contributed by atoms with Crippen molar-refractivity contribution in [3.63, 3.8) is 0 Å². The number of hydrogen-bond donors (Lipinski definition) is 1. The molecular weight excluding hydrogens is 242 g/mol. The zero-order valence-electron chi connectivity index (χ0n) is 14.5. The minimum atomic E-state index is 0.332. The molecule has 0 saturated carbocycles. The molecule has 0 fully saturated rings. The van der Waals surface area contributed by atoms with Crippen LogP contribution in [0.3, 0.4) is 0 Å². The molecule has 0 aliphatic carbocycles. The van der Waals surface area contributed by atoms with Gasteiger partial charge in [0.1, 0.15) is 0 Å². The summed E-state index contributed by atoms with van der Waals surface area (Å²) in [6, 6.07) is 11.3. The maximum Gasteiger partial charge on any atom is 0.0325 e. The molecule has 1 aromatic carbocycles. The third-order valence-electron chi connectivity index (χ3n) is 4.17. The Morgan fingerprint density at radius 2 is 1.50 bits per heavy atom. The van der Waals surface area contributed by atoms with E-state index < -0.39 is 0 Å². The minimum absolute atomic E-state index is 0.332. The molecule has 1 rings (SSSR count). The molecule has 0 aliphatic rings.